The fourth-order valence-electron chi connectivity index (χ4n) is 1.70. The second kappa shape index (κ2) is 9.17. The van der Waals surface area contributed by atoms with Crippen molar-refractivity contribution < 1.29 is 4.74 Å². The first-order chi connectivity index (χ1) is 8.34. The van der Waals surface area contributed by atoms with E-state index in [0.29, 0.717) is 5.05 Å². The van der Waals surface area contributed by atoms with Crippen LogP contribution in [-0.2, 0) is 4.74 Å². The van der Waals surface area contributed by atoms with Gasteiger partial charge in [0.15, 0.2) is 5.05 Å². The van der Waals surface area contributed by atoms with Gasteiger partial charge in [-0.1, -0.05) is 69.4 Å². The van der Waals surface area contributed by atoms with Crippen molar-refractivity contribution in [1.29, 1.82) is 0 Å². The van der Waals surface area contributed by atoms with E-state index in [9.17, 15) is 0 Å². The second-order valence-electron chi connectivity index (χ2n) is 4.27. The molecule has 1 aromatic carbocycles. The summed E-state index contributed by atoms with van der Waals surface area (Å²) >= 11 is 5.22. The molecule has 0 aliphatic rings. The summed E-state index contributed by atoms with van der Waals surface area (Å²) in [5.41, 5.74) is 1.01. The van der Waals surface area contributed by atoms with Crippen molar-refractivity contribution >= 4 is 17.3 Å². The molecule has 0 atom stereocenters. The minimum absolute atomic E-state index is 0.624. The highest BCUT2D eigenvalue weighted by atomic mass is 32.1. The molecule has 0 saturated heterocycles. The number of benzene rings is 1. The molecule has 0 amide bonds. The van der Waals surface area contributed by atoms with E-state index >= 15 is 0 Å². The molecule has 0 aromatic heterocycles. The molecule has 0 heterocycles. The van der Waals surface area contributed by atoms with Gasteiger partial charge in [-0.3, -0.25) is 0 Å². The molecule has 0 spiro atoms. The predicted molar refractivity (Wildman–Crippen MR) is 77.5 cm³/mol. The minimum Gasteiger partial charge on any atom is -0.483 e. The van der Waals surface area contributed by atoms with Gasteiger partial charge in [0.2, 0.25) is 0 Å². The summed E-state index contributed by atoms with van der Waals surface area (Å²) in [7, 11) is 0. The first kappa shape index (κ1) is 14.2. The quantitative estimate of drug-likeness (QED) is 0.487. The third-order valence-corrected chi connectivity index (χ3v) is 3.09. The molecule has 0 radical (unpaired) electrons. The van der Waals surface area contributed by atoms with Crippen LogP contribution in [-0.4, -0.2) is 11.7 Å². The molecule has 1 aromatic rings. The van der Waals surface area contributed by atoms with E-state index in [0.717, 1.165) is 18.6 Å². The van der Waals surface area contributed by atoms with Gasteiger partial charge in [0.1, 0.15) is 0 Å². The number of ether oxygens (including phenoxy) is 1. The summed E-state index contributed by atoms with van der Waals surface area (Å²) in [5, 5.41) is 0.624. The van der Waals surface area contributed by atoms with E-state index in [1.807, 2.05) is 30.3 Å². The maximum atomic E-state index is 5.57. The topological polar surface area (TPSA) is 9.23 Å². The lowest BCUT2D eigenvalue weighted by molar-refractivity contribution is 0.300. The minimum atomic E-state index is 0.624. The molecule has 17 heavy (non-hydrogen) atoms. The summed E-state index contributed by atoms with van der Waals surface area (Å²) < 4.78 is 5.57. The normalized spacial score (nSPS) is 10.2. The van der Waals surface area contributed by atoms with Crippen LogP contribution < -0.4 is 0 Å². The maximum Gasteiger partial charge on any atom is 0.191 e. The number of hydrogen-bond donors (Lipinski definition) is 0. The first-order valence-electron chi connectivity index (χ1n) is 6.56. The van der Waals surface area contributed by atoms with E-state index in [-0.39, 0.29) is 0 Å². The zero-order valence-corrected chi connectivity index (χ0v) is 11.5. The Kier molecular flexibility index (Phi) is 7.65. The van der Waals surface area contributed by atoms with E-state index in [1.165, 1.54) is 32.1 Å². The van der Waals surface area contributed by atoms with E-state index in [2.05, 4.69) is 6.92 Å². The van der Waals surface area contributed by atoms with Crippen molar-refractivity contribution in [1.82, 2.24) is 0 Å². The number of thiocarbonyl (C=S) groups is 1. The fourth-order valence-corrected chi connectivity index (χ4v) is 1.92. The van der Waals surface area contributed by atoms with Crippen molar-refractivity contribution in [3.8, 4) is 0 Å². The number of unbranched alkanes of at least 4 members (excludes halogenated alkanes) is 5. The maximum absolute atomic E-state index is 5.57. The van der Waals surface area contributed by atoms with Crippen LogP contribution in [0.5, 0.6) is 0 Å². The number of hydrogen-bond acceptors (Lipinski definition) is 2. The van der Waals surface area contributed by atoms with Crippen LogP contribution in [0.4, 0.5) is 0 Å². The molecule has 0 saturated carbocycles. The van der Waals surface area contributed by atoms with Crippen molar-refractivity contribution in [2.45, 2.75) is 45.4 Å². The monoisotopic (exact) mass is 250 g/mol. The molecular formula is C15H22OS. The summed E-state index contributed by atoms with van der Waals surface area (Å²) in [6, 6.07) is 9.93. The van der Waals surface area contributed by atoms with Crippen molar-refractivity contribution in [2.24, 2.45) is 0 Å². The molecule has 94 valence electrons. The van der Waals surface area contributed by atoms with Gasteiger partial charge < -0.3 is 4.74 Å². The standard InChI is InChI=1S/C15H22OS/c1-2-3-4-5-6-10-13-16-15(17)14-11-8-7-9-12-14/h7-9,11-12H,2-6,10,13H2,1H3. The molecule has 0 unspecified atom stereocenters. The molecule has 0 aliphatic heterocycles. The zero-order valence-electron chi connectivity index (χ0n) is 10.7. The lowest BCUT2D eigenvalue weighted by Crippen LogP contribution is -2.04. The molecule has 1 rings (SSSR count). The Labute approximate surface area is 110 Å². The van der Waals surface area contributed by atoms with Crippen LogP contribution in [0.2, 0.25) is 0 Å². The zero-order chi connectivity index (χ0) is 12.3. The fraction of sp³-hybridized carbons (Fsp3) is 0.533. The van der Waals surface area contributed by atoms with Gasteiger partial charge in [-0.2, -0.15) is 0 Å². The third kappa shape index (κ3) is 6.42. The molecule has 0 bridgehead atoms. The summed E-state index contributed by atoms with van der Waals surface area (Å²) in [6.45, 7) is 2.99. The Morgan fingerprint density at radius 2 is 1.65 bits per heavy atom. The first-order valence-corrected chi connectivity index (χ1v) is 6.97. The highest BCUT2D eigenvalue weighted by Crippen LogP contribution is 2.07. The van der Waals surface area contributed by atoms with E-state index in [4.69, 9.17) is 17.0 Å². The lowest BCUT2D eigenvalue weighted by atomic mass is 10.1. The van der Waals surface area contributed by atoms with E-state index in [1.54, 1.807) is 0 Å². The predicted octanol–water partition coefficient (Wildman–Crippen LogP) is 4.74. The van der Waals surface area contributed by atoms with Crippen LogP contribution in [0.15, 0.2) is 30.3 Å². The van der Waals surface area contributed by atoms with Gasteiger partial charge in [-0.15, -0.1) is 0 Å². The summed E-state index contributed by atoms with van der Waals surface area (Å²) in [5.74, 6) is 0. The van der Waals surface area contributed by atoms with Crippen LogP contribution in [0.1, 0.15) is 51.0 Å². The SMILES string of the molecule is CCCCCCCCOC(=S)c1ccccc1. The van der Waals surface area contributed by atoms with Crippen molar-refractivity contribution in [2.75, 3.05) is 6.61 Å². The van der Waals surface area contributed by atoms with Gasteiger partial charge in [0.05, 0.1) is 6.61 Å². The largest absolute Gasteiger partial charge is 0.483 e. The summed E-state index contributed by atoms with van der Waals surface area (Å²) in [4.78, 5) is 0. The third-order valence-electron chi connectivity index (χ3n) is 2.74. The number of rotatable bonds is 8. The second-order valence-corrected chi connectivity index (χ2v) is 4.64. The van der Waals surface area contributed by atoms with Crippen molar-refractivity contribution in [3.05, 3.63) is 35.9 Å². The molecule has 0 aliphatic carbocycles. The Morgan fingerprint density at radius 3 is 2.35 bits per heavy atom. The van der Waals surface area contributed by atoms with Gasteiger partial charge in [0.25, 0.3) is 0 Å². The average molecular weight is 250 g/mol. The highest BCUT2D eigenvalue weighted by molar-refractivity contribution is 7.80. The lowest BCUT2D eigenvalue weighted by Gasteiger charge is -2.07. The van der Waals surface area contributed by atoms with Gasteiger partial charge in [0, 0.05) is 5.56 Å². The van der Waals surface area contributed by atoms with Gasteiger partial charge in [-0.25, -0.2) is 0 Å². The highest BCUT2D eigenvalue weighted by Gasteiger charge is 2.00. The van der Waals surface area contributed by atoms with Crippen molar-refractivity contribution in [3.63, 3.8) is 0 Å². The van der Waals surface area contributed by atoms with Crippen LogP contribution in [0.3, 0.4) is 0 Å². The van der Waals surface area contributed by atoms with Gasteiger partial charge in [-0.05, 0) is 18.6 Å². The molecule has 0 N–H and O–H groups in total. The van der Waals surface area contributed by atoms with Crippen LogP contribution >= 0.6 is 12.2 Å². The molecular weight excluding hydrogens is 228 g/mol. The Bertz CT molecular complexity index is 308. The van der Waals surface area contributed by atoms with E-state index < -0.39 is 0 Å². The molecule has 1 nitrogen and oxygen atoms in total. The van der Waals surface area contributed by atoms with Crippen LogP contribution in [0.25, 0.3) is 0 Å². The molecule has 0 fully saturated rings. The smallest absolute Gasteiger partial charge is 0.191 e. The van der Waals surface area contributed by atoms with Gasteiger partial charge >= 0.3 is 0 Å². The summed E-state index contributed by atoms with van der Waals surface area (Å²) in [6.07, 6.45) is 7.67. The Balaban J connectivity index is 2.05. The Hall–Kier alpha value is -0.890. The molecule has 2 heteroatoms. The Morgan fingerprint density at radius 1 is 1.00 bits per heavy atom. The average Bonchev–Trinajstić information content (AvgIpc) is 2.38. The van der Waals surface area contributed by atoms with Crippen LogP contribution in [0, 0.1) is 0 Å².